The van der Waals surface area contributed by atoms with Crippen LogP contribution < -0.4 is 0 Å². The average molecular weight is 345 g/mol. The van der Waals surface area contributed by atoms with E-state index in [4.69, 9.17) is 0 Å². The van der Waals surface area contributed by atoms with Crippen LogP contribution in [0.4, 0.5) is 22.0 Å². The summed E-state index contributed by atoms with van der Waals surface area (Å²) in [7, 11) is 0. The summed E-state index contributed by atoms with van der Waals surface area (Å²) in [6.45, 7) is 4.55. The predicted octanol–water partition coefficient (Wildman–Crippen LogP) is 3.70. The zero-order valence-electron chi connectivity index (χ0n) is 12.7. The molecule has 0 unspecified atom stereocenters. The number of Topliss-reactive ketones (excluding diaryl/α,β-unsaturated/α-hetero) is 2. The lowest BCUT2D eigenvalue weighted by Crippen LogP contribution is -2.25. The fraction of sp³-hybridized carbons (Fsp3) is 0.250. The molecule has 0 bridgehead atoms. The van der Waals surface area contributed by atoms with Crippen LogP contribution >= 0.6 is 0 Å². The number of benzene rings is 1. The second kappa shape index (κ2) is 6.54. The van der Waals surface area contributed by atoms with E-state index in [1.165, 1.54) is 6.20 Å². The van der Waals surface area contributed by atoms with E-state index < -0.39 is 57.4 Å². The van der Waals surface area contributed by atoms with Gasteiger partial charge >= 0.3 is 0 Å². The Morgan fingerprint density at radius 1 is 0.792 bits per heavy atom. The van der Waals surface area contributed by atoms with E-state index in [9.17, 15) is 31.5 Å². The van der Waals surface area contributed by atoms with Crippen LogP contribution in [0.15, 0.2) is 23.7 Å². The summed E-state index contributed by atoms with van der Waals surface area (Å²) in [5.74, 6) is -13.4. The summed E-state index contributed by atoms with van der Waals surface area (Å²) in [5, 5.41) is 0. The molecular formula is C16H12F5NO2. The molecule has 0 heterocycles. The molecule has 3 nitrogen and oxygen atoms in total. The quantitative estimate of drug-likeness (QED) is 0.474. The Morgan fingerprint density at radius 3 is 1.71 bits per heavy atom. The van der Waals surface area contributed by atoms with Gasteiger partial charge in [-0.15, -0.1) is 0 Å². The van der Waals surface area contributed by atoms with E-state index in [0.717, 1.165) is 6.08 Å². The summed E-state index contributed by atoms with van der Waals surface area (Å²) in [6, 6.07) is 0. The third kappa shape index (κ3) is 2.61. The monoisotopic (exact) mass is 345 g/mol. The summed E-state index contributed by atoms with van der Waals surface area (Å²) >= 11 is 0. The number of allylic oxidation sites excluding steroid dienone is 3. The molecule has 0 amide bonds. The van der Waals surface area contributed by atoms with Crippen LogP contribution in [0.1, 0.15) is 34.6 Å². The number of hydrogen-bond acceptors (Lipinski definition) is 3. The average Bonchev–Trinajstić information content (AvgIpc) is 2.57. The highest BCUT2D eigenvalue weighted by atomic mass is 19.2. The van der Waals surface area contributed by atoms with Crippen molar-refractivity contribution in [1.82, 2.24) is 4.90 Å². The highest BCUT2D eigenvalue weighted by Gasteiger charge is 2.40. The van der Waals surface area contributed by atoms with Crippen LogP contribution in [0.2, 0.25) is 0 Å². The molecular weight excluding hydrogens is 333 g/mol. The molecule has 0 saturated heterocycles. The number of carbonyl (C=O) groups excluding carboxylic acids is 2. The Morgan fingerprint density at radius 2 is 1.25 bits per heavy atom. The molecule has 1 aliphatic rings. The first-order valence-corrected chi connectivity index (χ1v) is 7.03. The minimum Gasteiger partial charge on any atom is -0.378 e. The van der Waals surface area contributed by atoms with E-state index in [1.54, 1.807) is 18.7 Å². The van der Waals surface area contributed by atoms with Crippen molar-refractivity contribution < 1.29 is 31.5 Å². The Bertz CT molecular complexity index is 794. The molecule has 0 aromatic heterocycles. The first kappa shape index (κ1) is 17.8. The summed E-state index contributed by atoms with van der Waals surface area (Å²) in [6.07, 6.45) is 2.21. The predicted molar refractivity (Wildman–Crippen MR) is 75.1 cm³/mol. The van der Waals surface area contributed by atoms with Gasteiger partial charge in [-0.3, -0.25) is 9.59 Å². The summed E-state index contributed by atoms with van der Waals surface area (Å²) < 4.78 is 68.2. The molecule has 1 aliphatic carbocycles. The molecule has 0 radical (unpaired) electrons. The Balaban J connectivity index is 2.66. The first-order valence-electron chi connectivity index (χ1n) is 7.03. The van der Waals surface area contributed by atoms with Crippen LogP contribution in [0.5, 0.6) is 0 Å². The van der Waals surface area contributed by atoms with Gasteiger partial charge in [-0.25, -0.2) is 22.0 Å². The van der Waals surface area contributed by atoms with Gasteiger partial charge in [-0.1, -0.05) is 0 Å². The van der Waals surface area contributed by atoms with E-state index in [0.29, 0.717) is 13.1 Å². The maximum atomic E-state index is 14.1. The van der Waals surface area contributed by atoms with Crippen molar-refractivity contribution in [3.8, 4) is 0 Å². The van der Waals surface area contributed by atoms with Gasteiger partial charge in [0.15, 0.2) is 34.9 Å². The fourth-order valence-corrected chi connectivity index (χ4v) is 2.29. The van der Waals surface area contributed by atoms with Gasteiger partial charge in [0.2, 0.25) is 5.78 Å². The van der Waals surface area contributed by atoms with Gasteiger partial charge in [-0.2, -0.15) is 0 Å². The first-order chi connectivity index (χ1) is 11.3. The van der Waals surface area contributed by atoms with Gasteiger partial charge < -0.3 is 4.90 Å². The van der Waals surface area contributed by atoms with Gasteiger partial charge in [0, 0.05) is 13.1 Å². The number of rotatable bonds is 4. The highest BCUT2D eigenvalue weighted by Crippen LogP contribution is 2.34. The number of nitrogens with zero attached hydrogens (tertiary/aromatic N) is 1. The lowest BCUT2D eigenvalue weighted by atomic mass is 9.87. The van der Waals surface area contributed by atoms with Crippen molar-refractivity contribution >= 4 is 11.6 Å². The summed E-state index contributed by atoms with van der Waals surface area (Å²) in [5.41, 5.74) is -3.59. The number of fused-ring (bicyclic) bond motifs is 1. The molecule has 128 valence electrons. The van der Waals surface area contributed by atoms with Crippen molar-refractivity contribution in [2.75, 3.05) is 13.1 Å². The second-order valence-corrected chi connectivity index (χ2v) is 4.93. The molecule has 0 saturated carbocycles. The molecule has 1 aromatic carbocycles. The zero-order valence-corrected chi connectivity index (χ0v) is 12.7. The van der Waals surface area contributed by atoms with Crippen LogP contribution in [0.25, 0.3) is 0 Å². The van der Waals surface area contributed by atoms with Gasteiger partial charge in [0.1, 0.15) is 0 Å². The molecule has 2 rings (SSSR count). The Hall–Kier alpha value is -2.51. The molecule has 0 atom stereocenters. The lowest BCUT2D eigenvalue weighted by Gasteiger charge is -2.18. The Kier molecular flexibility index (Phi) is 4.86. The van der Waals surface area contributed by atoms with Crippen molar-refractivity contribution in [2.45, 2.75) is 13.8 Å². The molecule has 0 fully saturated rings. The van der Waals surface area contributed by atoms with Gasteiger partial charge in [-0.05, 0) is 26.1 Å². The minimum atomic E-state index is -2.28. The summed E-state index contributed by atoms with van der Waals surface area (Å²) in [4.78, 5) is 25.7. The number of ketones is 2. The van der Waals surface area contributed by atoms with Crippen LogP contribution in [0.3, 0.4) is 0 Å². The lowest BCUT2D eigenvalue weighted by molar-refractivity contribution is 0.0946. The van der Waals surface area contributed by atoms with E-state index in [2.05, 4.69) is 0 Å². The van der Waals surface area contributed by atoms with Crippen LogP contribution in [0, 0.1) is 23.3 Å². The zero-order chi connectivity index (χ0) is 18.2. The topological polar surface area (TPSA) is 37.4 Å². The smallest absolute Gasteiger partial charge is 0.226 e. The third-order valence-corrected chi connectivity index (χ3v) is 3.67. The fourth-order valence-electron chi connectivity index (χ4n) is 2.29. The minimum absolute atomic E-state index is 0.503. The van der Waals surface area contributed by atoms with E-state index in [-0.39, 0.29) is 0 Å². The molecule has 0 N–H and O–H groups in total. The molecule has 0 aliphatic heterocycles. The van der Waals surface area contributed by atoms with Crippen molar-refractivity contribution in [3.05, 3.63) is 58.1 Å². The van der Waals surface area contributed by atoms with Crippen molar-refractivity contribution in [1.29, 1.82) is 0 Å². The van der Waals surface area contributed by atoms with Gasteiger partial charge in [0.25, 0.3) is 0 Å². The molecule has 24 heavy (non-hydrogen) atoms. The standard InChI is InChI=1S/C16H12F5NO2/c1-3-22(4-2)6-5-7-10(17)16(24)9-8(15(7)23)11(18)13(20)14(21)12(9)19/h5-6H,3-4H2,1-2H3/b6-5+. The highest BCUT2D eigenvalue weighted by molar-refractivity contribution is 6.27. The van der Waals surface area contributed by atoms with Crippen LogP contribution in [-0.2, 0) is 0 Å². The van der Waals surface area contributed by atoms with E-state index in [1.807, 2.05) is 0 Å². The maximum absolute atomic E-state index is 14.1. The number of halogens is 5. The largest absolute Gasteiger partial charge is 0.378 e. The maximum Gasteiger partial charge on any atom is 0.226 e. The van der Waals surface area contributed by atoms with Crippen molar-refractivity contribution in [2.24, 2.45) is 0 Å². The number of carbonyl (C=O) groups is 2. The second-order valence-electron chi connectivity index (χ2n) is 4.93. The molecule has 0 spiro atoms. The molecule has 1 aromatic rings. The SMILES string of the molecule is CCN(/C=C/C1=C(F)C(=O)c2c(F)c(F)c(F)c(F)c2C1=O)CC. The third-order valence-electron chi connectivity index (χ3n) is 3.67. The van der Waals surface area contributed by atoms with Crippen LogP contribution in [-0.4, -0.2) is 29.6 Å². The van der Waals surface area contributed by atoms with Gasteiger partial charge in [0.05, 0.1) is 16.7 Å². The molecule has 8 heteroatoms. The van der Waals surface area contributed by atoms with Crippen molar-refractivity contribution in [3.63, 3.8) is 0 Å². The normalized spacial score (nSPS) is 14.6. The van der Waals surface area contributed by atoms with E-state index >= 15 is 0 Å². The number of hydrogen-bond donors (Lipinski definition) is 0. The Labute approximate surface area is 134 Å².